The van der Waals surface area contributed by atoms with Gasteiger partial charge in [-0.05, 0) is 49.2 Å². The molecule has 1 heterocycles. The van der Waals surface area contributed by atoms with Gasteiger partial charge in [0.15, 0.2) is 12.3 Å². The monoisotopic (exact) mass is 405 g/mol. The van der Waals surface area contributed by atoms with E-state index in [1.807, 2.05) is 30.3 Å². The number of nitrogens with zero attached hydrogens (tertiary/aromatic N) is 2. The van der Waals surface area contributed by atoms with Crippen molar-refractivity contribution in [2.45, 2.75) is 18.8 Å². The minimum absolute atomic E-state index is 0.0370. The number of likely N-dealkylation sites (N-methyl/N-ethyl adjacent to an activating group) is 1. The van der Waals surface area contributed by atoms with Gasteiger partial charge in [-0.1, -0.05) is 18.2 Å². The van der Waals surface area contributed by atoms with Crippen molar-refractivity contribution in [2.24, 2.45) is 0 Å². The van der Waals surface area contributed by atoms with Crippen molar-refractivity contribution in [1.82, 2.24) is 9.88 Å². The van der Waals surface area contributed by atoms with E-state index in [9.17, 15) is 9.59 Å². The Bertz CT molecular complexity index is 1040. The molecular formula is C23H23N3O4. The Morgan fingerprint density at radius 3 is 2.43 bits per heavy atom. The number of amides is 2. The fraction of sp³-hybridized carbons (Fsp3) is 0.261. The van der Waals surface area contributed by atoms with Gasteiger partial charge in [-0.2, -0.15) is 0 Å². The molecule has 7 nitrogen and oxygen atoms in total. The number of carbonyl (C=O) groups is 2. The Kier molecular flexibility index (Phi) is 5.52. The van der Waals surface area contributed by atoms with Crippen LogP contribution < -0.4 is 10.1 Å². The second kappa shape index (κ2) is 8.41. The van der Waals surface area contributed by atoms with Crippen LogP contribution >= 0.6 is 0 Å². The highest BCUT2D eigenvalue weighted by atomic mass is 16.5. The summed E-state index contributed by atoms with van der Waals surface area (Å²) in [7, 11) is 3.35. The first-order valence-corrected chi connectivity index (χ1v) is 9.82. The van der Waals surface area contributed by atoms with E-state index in [1.54, 1.807) is 38.4 Å². The summed E-state index contributed by atoms with van der Waals surface area (Å²) in [5, 5.41) is 2.86. The summed E-state index contributed by atoms with van der Waals surface area (Å²) in [5.41, 5.74) is 1.78. The number of rotatable bonds is 7. The standard InChI is InChI=1S/C23H23N3O4/c1-26(2)19(27)14-29-18-12-10-17(11-13-18)24-22(28)20-21(15-8-9-15)30-23(25-20)16-6-4-3-5-7-16/h3-7,10-13,15H,8-9,14H2,1-2H3,(H,24,28). The van der Waals surface area contributed by atoms with Gasteiger partial charge in [0.25, 0.3) is 11.8 Å². The average Bonchev–Trinajstić information content (AvgIpc) is 3.51. The molecule has 7 heteroatoms. The molecule has 1 aliphatic rings. The van der Waals surface area contributed by atoms with Crippen molar-refractivity contribution >= 4 is 17.5 Å². The van der Waals surface area contributed by atoms with Crippen molar-refractivity contribution in [1.29, 1.82) is 0 Å². The number of nitrogens with one attached hydrogen (secondary N) is 1. The molecule has 0 bridgehead atoms. The molecule has 0 spiro atoms. The second-order valence-corrected chi connectivity index (χ2v) is 7.43. The first-order valence-electron chi connectivity index (χ1n) is 9.82. The second-order valence-electron chi connectivity index (χ2n) is 7.43. The molecule has 0 aliphatic heterocycles. The van der Waals surface area contributed by atoms with Crippen LogP contribution in [0, 0.1) is 0 Å². The molecule has 1 fully saturated rings. The van der Waals surface area contributed by atoms with E-state index in [1.165, 1.54) is 4.90 Å². The van der Waals surface area contributed by atoms with Crippen LogP contribution in [0.1, 0.15) is 35.0 Å². The van der Waals surface area contributed by atoms with Crippen LogP contribution in [0.15, 0.2) is 59.0 Å². The van der Waals surface area contributed by atoms with Gasteiger partial charge in [0.05, 0.1) is 0 Å². The van der Waals surface area contributed by atoms with Gasteiger partial charge in [-0.25, -0.2) is 4.98 Å². The zero-order chi connectivity index (χ0) is 21.1. The van der Waals surface area contributed by atoms with Gasteiger partial charge in [-0.3, -0.25) is 9.59 Å². The summed E-state index contributed by atoms with van der Waals surface area (Å²) in [5.74, 6) is 1.47. The molecule has 0 unspecified atom stereocenters. The van der Waals surface area contributed by atoms with Gasteiger partial charge in [0.2, 0.25) is 5.89 Å². The van der Waals surface area contributed by atoms with E-state index < -0.39 is 0 Å². The number of carbonyl (C=O) groups excluding carboxylic acids is 2. The van der Waals surface area contributed by atoms with Crippen molar-refractivity contribution in [2.75, 3.05) is 26.0 Å². The summed E-state index contributed by atoms with van der Waals surface area (Å²) >= 11 is 0. The lowest BCUT2D eigenvalue weighted by molar-refractivity contribution is -0.130. The third-order valence-corrected chi connectivity index (χ3v) is 4.81. The highest BCUT2D eigenvalue weighted by molar-refractivity contribution is 6.04. The highest BCUT2D eigenvalue weighted by Gasteiger charge is 2.34. The zero-order valence-corrected chi connectivity index (χ0v) is 16.9. The summed E-state index contributed by atoms with van der Waals surface area (Å²) < 4.78 is 11.4. The van der Waals surface area contributed by atoms with E-state index in [0.717, 1.165) is 18.4 Å². The number of anilines is 1. The molecule has 1 saturated carbocycles. The summed E-state index contributed by atoms with van der Waals surface area (Å²) in [6.45, 7) is -0.0370. The van der Waals surface area contributed by atoms with Crippen LogP contribution in [0.5, 0.6) is 5.75 Å². The molecule has 2 amide bonds. The molecule has 0 saturated heterocycles. The molecule has 154 valence electrons. The quantitative estimate of drug-likeness (QED) is 0.644. The van der Waals surface area contributed by atoms with Crippen LogP contribution in [-0.4, -0.2) is 42.4 Å². The third kappa shape index (κ3) is 4.51. The largest absolute Gasteiger partial charge is 0.484 e. The third-order valence-electron chi connectivity index (χ3n) is 4.81. The maximum atomic E-state index is 12.9. The van der Waals surface area contributed by atoms with Gasteiger partial charge in [0.1, 0.15) is 11.5 Å². The van der Waals surface area contributed by atoms with Crippen molar-refractivity contribution in [3.63, 3.8) is 0 Å². The van der Waals surface area contributed by atoms with Gasteiger partial charge < -0.3 is 19.4 Å². The Morgan fingerprint density at radius 1 is 1.10 bits per heavy atom. The van der Waals surface area contributed by atoms with Crippen LogP contribution in [0.2, 0.25) is 0 Å². The van der Waals surface area contributed by atoms with E-state index in [-0.39, 0.29) is 24.3 Å². The Balaban J connectivity index is 1.46. The molecular weight excluding hydrogens is 382 g/mol. The van der Waals surface area contributed by atoms with Crippen LogP contribution in [0.4, 0.5) is 5.69 Å². The number of benzene rings is 2. The molecule has 1 N–H and O–H groups in total. The maximum Gasteiger partial charge on any atom is 0.277 e. The normalized spacial score (nSPS) is 13.0. The van der Waals surface area contributed by atoms with E-state index in [4.69, 9.17) is 9.15 Å². The molecule has 1 aliphatic carbocycles. The van der Waals surface area contributed by atoms with Crippen molar-refractivity contribution in [3.8, 4) is 17.2 Å². The smallest absolute Gasteiger partial charge is 0.277 e. The summed E-state index contributed by atoms with van der Waals surface area (Å²) in [6.07, 6.45) is 2.00. The van der Waals surface area contributed by atoms with Crippen molar-refractivity contribution in [3.05, 3.63) is 66.1 Å². The molecule has 0 atom stereocenters. The number of hydrogen-bond acceptors (Lipinski definition) is 5. The number of oxazole rings is 1. The Morgan fingerprint density at radius 2 is 1.80 bits per heavy atom. The minimum Gasteiger partial charge on any atom is -0.484 e. The van der Waals surface area contributed by atoms with Gasteiger partial charge >= 0.3 is 0 Å². The molecule has 2 aromatic carbocycles. The molecule has 1 aromatic heterocycles. The molecule has 0 radical (unpaired) electrons. The van der Waals surface area contributed by atoms with Gasteiger partial charge in [-0.15, -0.1) is 0 Å². The Hall–Kier alpha value is -3.61. The minimum atomic E-state index is -0.306. The first kappa shape index (κ1) is 19.7. The molecule has 30 heavy (non-hydrogen) atoms. The predicted molar refractivity (Wildman–Crippen MR) is 112 cm³/mol. The highest BCUT2D eigenvalue weighted by Crippen LogP contribution is 2.43. The fourth-order valence-corrected chi connectivity index (χ4v) is 2.92. The molecule has 4 rings (SSSR count). The number of aromatic nitrogens is 1. The number of ether oxygens (including phenoxy) is 1. The van der Waals surface area contributed by atoms with Gasteiger partial charge in [0, 0.05) is 31.3 Å². The maximum absolute atomic E-state index is 12.9. The average molecular weight is 405 g/mol. The Labute approximate surface area is 174 Å². The SMILES string of the molecule is CN(C)C(=O)COc1ccc(NC(=O)c2nc(-c3ccccc3)oc2C2CC2)cc1. The number of hydrogen-bond donors (Lipinski definition) is 1. The molecule has 3 aromatic rings. The fourth-order valence-electron chi connectivity index (χ4n) is 2.92. The zero-order valence-electron chi connectivity index (χ0n) is 16.9. The van der Waals surface area contributed by atoms with Crippen LogP contribution in [0.3, 0.4) is 0 Å². The van der Waals surface area contributed by atoms with E-state index >= 15 is 0 Å². The van der Waals surface area contributed by atoms with Crippen molar-refractivity contribution < 1.29 is 18.7 Å². The topological polar surface area (TPSA) is 84.7 Å². The summed E-state index contributed by atoms with van der Waals surface area (Å²) in [6, 6.07) is 16.4. The van der Waals surface area contributed by atoms with E-state index in [2.05, 4.69) is 10.3 Å². The van der Waals surface area contributed by atoms with Crippen LogP contribution in [-0.2, 0) is 4.79 Å². The van der Waals surface area contributed by atoms with Crippen LogP contribution in [0.25, 0.3) is 11.5 Å². The lowest BCUT2D eigenvalue weighted by Crippen LogP contribution is -2.27. The van der Waals surface area contributed by atoms with E-state index in [0.29, 0.717) is 28.8 Å². The summed E-state index contributed by atoms with van der Waals surface area (Å²) in [4.78, 5) is 30.4. The first-order chi connectivity index (χ1) is 14.5. The predicted octanol–water partition coefficient (Wildman–Crippen LogP) is 3.94. The lowest BCUT2D eigenvalue weighted by Gasteiger charge is -2.11. The lowest BCUT2D eigenvalue weighted by atomic mass is 10.2.